The molecule has 0 saturated heterocycles. The number of aliphatic hydroxyl groups is 1. The molecule has 0 bridgehead atoms. The van der Waals surface area contributed by atoms with Crippen LogP contribution in [0.3, 0.4) is 0 Å². The predicted molar refractivity (Wildman–Crippen MR) is 53.8 cm³/mol. The number of phenolic OH excluding ortho intramolecular Hbond substituents is 1. The minimum atomic E-state index is -1.16. The van der Waals surface area contributed by atoms with Gasteiger partial charge in [0.2, 0.25) is 0 Å². The Balaban J connectivity index is 2.58. The number of hydrogen-bond donors (Lipinski definition) is 4. The largest absolute Gasteiger partial charge is 0.508 e. The molecule has 0 aromatic heterocycles. The number of amides is 1. The van der Waals surface area contributed by atoms with Crippen molar-refractivity contribution in [2.45, 2.75) is 12.5 Å². The van der Waals surface area contributed by atoms with Crippen LogP contribution in [0.4, 0.5) is 4.79 Å². The molecule has 0 heterocycles. The predicted octanol–water partition coefficient (Wildman–Crippen LogP) is 0.563. The highest BCUT2D eigenvalue weighted by molar-refractivity contribution is 5.64. The van der Waals surface area contributed by atoms with Crippen molar-refractivity contribution in [3.8, 4) is 5.75 Å². The second-order valence-corrected chi connectivity index (χ2v) is 3.20. The lowest BCUT2D eigenvalue weighted by atomic mass is 10.1. The third-order valence-electron chi connectivity index (χ3n) is 1.97. The minimum absolute atomic E-state index is 0.158. The standard InChI is InChI=1S/C10H13NO4/c12-6-8(11-10(14)15)5-7-1-3-9(13)4-2-7/h1-4,8,11-13H,5-6H2,(H,14,15)/t8-/m0/s1. The maximum absolute atomic E-state index is 10.4. The molecular weight excluding hydrogens is 198 g/mol. The van der Waals surface area contributed by atoms with E-state index in [0.29, 0.717) is 6.42 Å². The zero-order valence-electron chi connectivity index (χ0n) is 8.05. The Bertz CT molecular complexity index is 323. The smallest absolute Gasteiger partial charge is 0.404 e. The van der Waals surface area contributed by atoms with E-state index in [1.54, 1.807) is 12.1 Å². The third kappa shape index (κ3) is 3.86. The minimum Gasteiger partial charge on any atom is -0.508 e. The summed E-state index contributed by atoms with van der Waals surface area (Å²) in [5.41, 5.74) is 0.848. The first-order valence-electron chi connectivity index (χ1n) is 4.50. The highest BCUT2D eigenvalue weighted by atomic mass is 16.4. The van der Waals surface area contributed by atoms with Gasteiger partial charge < -0.3 is 20.6 Å². The van der Waals surface area contributed by atoms with E-state index >= 15 is 0 Å². The van der Waals surface area contributed by atoms with Crippen LogP contribution < -0.4 is 5.32 Å². The first kappa shape index (κ1) is 11.3. The van der Waals surface area contributed by atoms with Gasteiger partial charge in [-0.25, -0.2) is 4.79 Å². The Kier molecular flexibility index (Phi) is 3.93. The van der Waals surface area contributed by atoms with Gasteiger partial charge in [-0.05, 0) is 24.1 Å². The van der Waals surface area contributed by atoms with Crippen LogP contribution in [0, 0.1) is 0 Å². The van der Waals surface area contributed by atoms with Crippen molar-refractivity contribution in [1.82, 2.24) is 5.32 Å². The second kappa shape index (κ2) is 5.21. The first-order chi connectivity index (χ1) is 7.11. The molecule has 1 aromatic rings. The summed E-state index contributed by atoms with van der Waals surface area (Å²) in [6, 6.07) is 5.88. The van der Waals surface area contributed by atoms with Crippen molar-refractivity contribution < 1.29 is 20.1 Å². The van der Waals surface area contributed by atoms with Crippen LogP contribution in [0.2, 0.25) is 0 Å². The van der Waals surface area contributed by atoms with E-state index in [1.807, 2.05) is 0 Å². The lowest BCUT2D eigenvalue weighted by Gasteiger charge is -2.13. The number of aromatic hydroxyl groups is 1. The van der Waals surface area contributed by atoms with Crippen LogP contribution in [0.15, 0.2) is 24.3 Å². The van der Waals surface area contributed by atoms with Gasteiger partial charge in [0.15, 0.2) is 0 Å². The van der Waals surface area contributed by atoms with Gasteiger partial charge in [-0.3, -0.25) is 0 Å². The quantitative estimate of drug-likeness (QED) is 0.586. The molecule has 15 heavy (non-hydrogen) atoms. The number of benzene rings is 1. The van der Waals surface area contributed by atoms with Crippen molar-refractivity contribution >= 4 is 6.09 Å². The summed E-state index contributed by atoms with van der Waals surface area (Å²) in [5.74, 6) is 0.158. The molecule has 1 atom stereocenters. The average molecular weight is 211 g/mol. The summed E-state index contributed by atoms with van der Waals surface area (Å²) < 4.78 is 0. The van der Waals surface area contributed by atoms with Crippen molar-refractivity contribution in [3.63, 3.8) is 0 Å². The molecule has 82 valence electrons. The molecule has 0 saturated carbocycles. The van der Waals surface area contributed by atoms with Gasteiger partial charge in [-0.15, -0.1) is 0 Å². The topological polar surface area (TPSA) is 89.8 Å². The molecule has 0 aliphatic heterocycles. The molecule has 1 aromatic carbocycles. The molecule has 1 amide bonds. The zero-order chi connectivity index (χ0) is 11.3. The molecule has 4 N–H and O–H groups in total. The Labute approximate surface area is 87.0 Å². The SMILES string of the molecule is O=C(O)N[C@H](CO)Cc1ccc(O)cc1. The zero-order valence-corrected chi connectivity index (χ0v) is 8.05. The van der Waals surface area contributed by atoms with E-state index < -0.39 is 12.1 Å². The van der Waals surface area contributed by atoms with Crippen LogP contribution in [0.1, 0.15) is 5.56 Å². The normalized spacial score (nSPS) is 12.1. The maximum Gasteiger partial charge on any atom is 0.404 e. The van der Waals surface area contributed by atoms with Crippen LogP contribution in [0.25, 0.3) is 0 Å². The number of hydrogen-bond acceptors (Lipinski definition) is 3. The van der Waals surface area contributed by atoms with Gasteiger partial charge in [0.25, 0.3) is 0 Å². The van der Waals surface area contributed by atoms with Crippen molar-refractivity contribution in [2.75, 3.05) is 6.61 Å². The molecular formula is C10H13NO4. The molecule has 5 heteroatoms. The van der Waals surface area contributed by atoms with Crippen LogP contribution in [-0.2, 0) is 6.42 Å². The fourth-order valence-electron chi connectivity index (χ4n) is 1.25. The molecule has 0 fully saturated rings. The van der Waals surface area contributed by atoms with E-state index in [1.165, 1.54) is 12.1 Å². The lowest BCUT2D eigenvalue weighted by molar-refractivity contribution is 0.177. The van der Waals surface area contributed by atoms with Crippen molar-refractivity contribution in [2.24, 2.45) is 0 Å². The Morgan fingerprint density at radius 1 is 1.33 bits per heavy atom. The van der Waals surface area contributed by atoms with E-state index in [0.717, 1.165) is 5.56 Å². The van der Waals surface area contributed by atoms with Crippen molar-refractivity contribution in [1.29, 1.82) is 0 Å². The summed E-state index contributed by atoms with van der Waals surface area (Å²) >= 11 is 0. The average Bonchev–Trinajstić information content (AvgIpc) is 2.19. The molecule has 0 aliphatic carbocycles. The Morgan fingerprint density at radius 3 is 2.40 bits per heavy atom. The van der Waals surface area contributed by atoms with Gasteiger partial charge in [0.1, 0.15) is 5.75 Å². The number of phenols is 1. The van der Waals surface area contributed by atoms with E-state index in [4.69, 9.17) is 15.3 Å². The molecule has 5 nitrogen and oxygen atoms in total. The van der Waals surface area contributed by atoms with Gasteiger partial charge in [0.05, 0.1) is 12.6 Å². The lowest BCUT2D eigenvalue weighted by Crippen LogP contribution is -2.38. The van der Waals surface area contributed by atoms with Gasteiger partial charge in [0, 0.05) is 0 Å². The second-order valence-electron chi connectivity index (χ2n) is 3.20. The summed E-state index contributed by atoms with van der Waals surface area (Å²) in [6.07, 6.45) is -0.767. The van der Waals surface area contributed by atoms with E-state index in [-0.39, 0.29) is 12.4 Å². The number of carbonyl (C=O) groups is 1. The summed E-state index contributed by atoms with van der Waals surface area (Å²) in [7, 11) is 0. The molecule has 0 unspecified atom stereocenters. The number of carboxylic acid groups (broad SMARTS) is 1. The first-order valence-corrected chi connectivity index (χ1v) is 4.50. The summed E-state index contributed by atoms with van der Waals surface area (Å²) in [4.78, 5) is 10.4. The summed E-state index contributed by atoms with van der Waals surface area (Å²) in [5, 5.41) is 28.6. The number of rotatable bonds is 4. The highest BCUT2D eigenvalue weighted by Gasteiger charge is 2.10. The van der Waals surface area contributed by atoms with Gasteiger partial charge in [-0.1, -0.05) is 12.1 Å². The number of nitrogens with one attached hydrogen (secondary N) is 1. The van der Waals surface area contributed by atoms with E-state index in [9.17, 15) is 4.79 Å². The maximum atomic E-state index is 10.4. The van der Waals surface area contributed by atoms with Crippen LogP contribution >= 0.6 is 0 Å². The third-order valence-corrected chi connectivity index (χ3v) is 1.97. The monoisotopic (exact) mass is 211 g/mol. The van der Waals surface area contributed by atoms with Crippen LogP contribution in [-0.4, -0.2) is 34.1 Å². The van der Waals surface area contributed by atoms with E-state index in [2.05, 4.69) is 5.32 Å². The number of aliphatic hydroxyl groups excluding tert-OH is 1. The molecule has 0 spiro atoms. The van der Waals surface area contributed by atoms with Gasteiger partial charge in [-0.2, -0.15) is 0 Å². The van der Waals surface area contributed by atoms with Gasteiger partial charge >= 0.3 is 6.09 Å². The molecule has 0 aliphatic rings. The fraction of sp³-hybridized carbons (Fsp3) is 0.300. The fourth-order valence-corrected chi connectivity index (χ4v) is 1.25. The highest BCUT2D eigenvalue weighted by Crippen LogP contribution is 2.11. The Hall–Kier alpha value is -1.75. The molecule has 1 rings (SSSR count). The van der Waals surface area contributed by atoms with Crippen LogP contribution in [0.5, 0.6) is 5.75 Å². The Morgan fingerprint density at radius 2 is 1.93 bits per heavy atom. The summed E-state index contributed by atoms with van der Waals surface area (Å²) in [6.45, 7) is -0.257. The van der Waals surface area contributed by atoms with Crippen molar-refractivity contribution in [3.05, 3.63) is 29.8 Å². The molecule has 0 radical (unpaired) electrons.